The highest BCUT2D eigenvalue weighted by Gasteiger charge is 2.01. The van der Waals surface area contributed by atoms with E-state index < -0.39 is 6.16 Å². The quantitative estimate of drug-likeness (QED) is 0.365. The summed E-state index contributed by atoms with van der Waals surface area (Å²) in [5.41, 5.74) is 0. The first kappa shape index (κ1) is 12.2. The SMILES string of the molecule is CCOCOC(=O)OCCCNC. The smallest absolute Gasteiger partial charge is 0.434 e. The molecule has 0 bridgehead atoms. The van der Waals surface area contributed by atoms with Gasteiger partial charge >= 0.3 is 6.16 Å². The maximum Gasteiger partial charge on any atom is 0.510 e. The highest BCUT2D eigenvalue weighted by atomic mass is 16.8. The molecule has 0 aromatic carbocycles. The summed E-state index contributed by atoms with van der Waals surface area (Å²) in [5, 5.41) is 2.94. The van der Waals surface area contributed by atoms with E-state index in [-0.39, 0.29) is 6.79 Å². The molecule has 0 spiro atoms. The number of hydrogen-bond acceptors (Lipinski definition) is 5. The monoisotopic (exact) mass is 191 g/mol. The number of carbonyl (C=O) groups excluding carboxylic acids is 1. The first-order valence-corrected chi connectivity index (χ1v) is 4.33. The molecule has 0 fully saturated rings. The van der Waals surface area contributed by atoms with Crippen LogP contribution in [0.1, 0.15) is 13.3 Å². The normalized spacial score (nSPS) is 9.69. The molecule has 0 aromatic rings. The summed E-state index contributed by atoms with van der Waals surface area (Å²) in [6.45, 7) is 3.49. The second-order valence-electron chi connectivity index (χ2n) is 2.31. The van der Waals surface area contributed by atoms with E-state index >= 15 is 0 Å². The Kier molecular flexibility index (Phi) is 8.70. The molecule has 0 radical (unpaired) electrons. The Labute approximate surface area is 78.3 Å². The molecule has 78 valence electrons. The van der Waals surface area contributed by atoms with Crippen LogP contribution in [0.5, 0.6) is 0 Å². The third-order valence-electron chi connectivity index (χ3n) is 1.26. The summed E-state index contributed by atoms with van der Waals surface area (Å²) in [6.07, 6.45) is 0.102. The lowest BCUT2D eigenvalue weighted by atomic mass is 10.5. The van der Waals surface area contributed by atoms with Gasteiger partial charge in [0.2, 0.25) is 0 Å². The van der Waals surface area contributed by atoms with Gasteiger partial charge < -0.3 is 19.5 Å². The average Bonchev–Trinajstić information content (AvgIpc) is 2.13. The molecule has 0 heterocycles. The third kappa shape index (κ3) is 9.10. The van der Waals surface area contributed by atoms with Crippen LogP contribution in [0, 0.1) is 0 Å². The maximum atomic E-state index is 10.7. The molecule has 5 heteroatoms. The molecular weight excluding hydrogens is 174 g/mol. The Hall–Kier alpha value is -0.810. The minimum atomic E-state index is -0.676. The van der Waals surface area contributed by atoms with Crippen molar-refractivity contribution < 1.29 is 19.0 Å². The Balaban J connectivity index is 3.11. The topological polar surface area (TPSA) is 56.8 Å². The van der Waals surface area contributed by atoms with Crippen LogP contribution in [-0.2, 0) is 14.2 Å². The predicted molar refractivity (Wildman–Crippen MR) is 47.5 cm³/mol. The Morgan fingerprint density at radius 1 is 1.38 bits per heavy atom. The highest BCUT2D eigenvalue weighted by molar-refractivity contribution is 5.59. The number of nitrogens with one attached hydrogen (secondary N) is 1. The zero-order valence-corrected chi connectivity index (χ0v) is 8.17. The van der Waals surface area contributed by atoms with Crippen LogP contribution in [-0.4, -0.2) is 39.8 Å². The number of hydrogen-bond donors (Lipinski definition) is 1. The molecule has 0 aliphatic rings. The van der Waals surface area contributed by atoms with Crippen LogP contribution < -0.4 is 5.32 Å². The van der Waals surface area contributed by atoms with Crippen molar-refractivity contribution in [2.75, 3.05) is 33.6 Å². The van der Waals surface area contributed by atoms with Gasteiger partial charge in [0.15, 0.2) is 6.79 Å². The van der Waals surface area contributed by atoms with Gasteiger partial charge in [-0.15, -0.1) is 0 Å². The van der Waals surface area contributed by atoms with Gasteiger partial charge in [-0.3, -0.25) is 0 Å². The van der Waals surface area contributed by atoms with Gasteiger partial charge in [0.25, 0.3) is 0 Å². The lowest BCUT2D eigenvalue weighted by molar-refractivity contribution is -0.0410. The summed E-state index contributed by atoms with van der Waals surface area (Å²) < 4.78 is 14.1. The van der Waals surface area contributed by atoms with Crippen molar-refractivity contribution in [2.45, 2.75) is 13.3 Å². The maximum absolute atomic E-state index is 10.7. The summed E-state index contributed by atoms with van der Waals surface area (Å²) in [5.74, 6) is 0. The van der Waals surface area contributed by atoms with E-state index in [0.717, 1.165) is 13.0 Å². The largest absolute Gasteiger partial charge is 0.510 e. The molecule has 0 atom stereocenters. The van der Waals surface area contributed by atoms with Gasteiger partial charge in [-0.25, -0.2) is 4.79 Å². The number of ether oxygens (including phenoxy) is 3. The number of carbonyl (C=O) groups is 1. The Bertz CT molecular complexity index is 129. The van der Waals surface area contributed by atoms with Gasteiger partial charge in [-0.1, -0.05) is 0 Å². The third-order valence-corrected chi connectivity index (χ3v) is 1.26. The summed E-state index contributed by atoms with van der Waals surface area (Å²) in [7, 11) is 1.84. The average molecular weight is 191 g/mol. The molecule has 0 aliphatic heterocycles. The highest BCUT2D eigenvalue weighted by Crippen LogP contribution is 1.88. The van der Waals surface area contributed by atoms with Crippen molar-refractivity contribution in [3.8, 4) is 0 Å². The fraction of sp³-hybridized carbons (Fsp3) is 0.875. The van der Waals surface area contributed by atoms with Crippen molar-refractivity contribution in [1.29, 1.82) is 0 Å². The zero-order chi connectivity index (χ0) is 9.94. The first-order chi connectivity index (χ1) is 6.31. The minimum Gasteiger partial charge on any atom is -0.434 e. The second-order valence-corrected chi connectivity index (χ2v) is 2.31. The fourth-order valence-electron chi connectivity index (χ4n) is 0.619. The fourth-order valence-corrected chi connectivity index (χ4v) is 0.619. The second kappa shape index (κ2) is 9.28. The van der Waals surface area contributed by atoms with Gasteiger partial charge in [-0.2, -0.15) is 0 Å². The molecule has 0 rings (SSSR count). The zero-order valence-electron chi connectivity index (χ0n) is 8.17. The van der Waals surface area contributed by atoms with E-state index in [0.29, 0.717) is 13.2 Å². The van der Waals surface area contributed by atoms with Crippen molar-refractivity contribution in [1.82, 2.24) is 5.32 Å². The molecule has 0 amide bonds. The predicted octanol–water partition coefficient (Wildman–Crippen LogP) is 0.743. The van der Waals surface area contributed by atoms with Crippen LogP contribution in [0.15, 0.2) is 0 Å². The van der Waals surface area contributed by atoms with Gasteiger partial charge in [0, 0.05) is 6.61 Å². The van der Waals surface area contributed by atoms with E-state index in [9.17, 15) is 4.79 Å². The molecule has 0 saturated heterocycles. The van der Waals surface area contributed by atoms with Crippen LogP contribution in [0.2, 0.25) is 0 Å². The van der Waals surface area contributed by atoms with Crippen molar-refractivity contribution in [3.05, 3.63) is 0 Å². The van der Waals surface area contributed by atoms with E-state index in [1.165, 1.54) is 0 Å². The summed E-state index contributed by atoms with van der Waals surface area (Å²) in [4.78, 5) is 10.7. The van der Waals surface area contributed by atoms with Gasteiger partial charge in [-0.05, 0) is 26.9 Å². The first-order valence-electron chi connectivity index (χ1n) is 4.33. The molecule has 5 nitrogen and oxygen atoms in total. The van der Waals surface area contributed by atoms with E-state index in [4.69, 9.17) is 9.47 Å². The van der Waals surface area contributed by atoms with E-state index in [1.54, 1.807) is 0 Å². The van der Waals surface area contributed by atoms with Gasteiger partial charge in [0.05, 0.1) is 6.61 Å². The molecule has 13 heavy (non-hydrogen) atoms. The summed E-state index contributed by atoms with van der Waals surface area (Å²) >= 11 is 0. The van der Waals surface area contributed by atoms with Crippen LogP contribution >= 0.6 is 0 Å². The molecule has 0 unspecified atom stereocenters. The van der Waals surface area contributed by atoms with Crippen LogP contribution in [0.4, 0.5) is 4.79 Å². The lowest BCUT2D eigenvalue weighted by Gasteiger charge is -2.05. The molecule has 0 aromatic heterocycles. The van der Waals surface area contributed by atoms with E-state index in [1.807, 2.05) is 14.0 Å². The van der Waals surface area contributed by atoms with Crippen LogP contribution in [0.3, 0.4) is 0 Å². The van der Waals surface area contributed by atoms with Crippen molar-refractivity contribution in [2.24, 2.45) is 0 Å². The lowest BCUT2D eigenvalue weighted by Crippen LogP contribution is -2.14. The van der Waals surface area contributed by atoms with E-state index in [2.05, 4.69) is 10.1 Å². The molecule has 0 aliphatic carbocycles. The van der Waals surface area contributed by atoms with Crippen LogP contribution in [0.25, 0.3) is 0 Å². The molecule has 1 N–H and O–H groups in total. The van der Waals surface area contributed by atoms with Gasteiger partial charge in [0.1, 0.15) is 0 Å². The minimum absolute atomic E-state index is 0.0403. The molecular formula is C8H17NO4. The molecule has 0 saturated carbocycles. The standard InChI is InChI=1S/C8H17NO4/c1-3-11-7-13-8(10)12-6-4-5-9-2/h9H,3-7H2,1-2H3. The van der Waals surface area contributed by atoms with Crippen molar-refractivity contribution >= 4 is 6.16 Å². The Morgan fingerprint density at radius 3 is 2.77 bits per heavy atom. The van der Waals surface area contributed by atoms with Crippen molar-refractivity contribution in [3.63, 3.8) is 0 Å². The summed E-state index contributed by atoms with van der Waals surface area (Å²) in [6, 6.07) is 0. The number of rotatable bonds is 7. The Morgan fingerprint density at radius 2 is 2.15 bits per heavy atom.